The molecule has 2 heterocycles. The van der Waals surface area contributed by atoms with Crippen LogP contribution in [0.25, 0.3) is 10.9 Å². The average molecular weight is 352 g/mol. The Morgan fingerprint density at radius 3 is 2.37 bits per heavy atom. The van der Waals surface area contributed by atoms with Crippen LogP contribution in [0, 0.1) is 0 Å². The van der Waals surface area contributed by atoms with E-state index in [1.165, 1.54) is 0 Å². The van der Waals surface area contributed by atoms with Gasteiger partial charge in [-0.3, -0.25) is 4.79 Å². The Morgan fingerprint density at radius 1 is 0.852 bits per heavy atom. The molecule has 4 nitrogen and oxygen atoms in total. The summed E-state index contributed by atoms with van der Waals surface area (Å²) in [7, 11) is 0. The van der Waals surface area contributed by atoms with E-state index in [0.717, 1.165) is 16.5 Å². The second-order valence-corrected chi connectivity index (χ2v) is 6.59. The molecule has 0 bridgehead atoms. The van der Waals surface area contributed by atoms with Crippen molar-refractivity contribution < 1.29 is 9.90 Å². The van der Waals surface area contributed by atoms with E-state index in [4.69, 9.17) is 0 Å². The lowest BCUT2D eigenvalue weighted by Gasteiger charge is -2.10. The smallest absolute Gasteiger partial charge is 0.215 e. The number of aromatic hydroxyl groups is 1. The van der Waals surface area contributed by atoms with Crippen LogP contribution in [0.15, 0.2) is 83.9 Å². The van der Waals surface area contributed by atoms with Crippen molar-refractivity contribution in [3.63, 3.8) is 0 Å². The van der Waals surface area contributed by atoms with Crippen molar-refractivity contribution in [3.8, 4) is 5.75 Å². The fourth-order valence-corrected chi connectivity index (χ4v) is 3.68. The van der Waals surface area contributed by atoms with Gasteiger partial charge in [0.05, 0.1) is 11.2 Å². The topological polar surface area (TPSA) is 54.6 Å². The molecule has 0 fully saturated rings. The lowest BCUT2D eigenvalue weighted by Crippen LogP contribution is -2.17. The highest BCUT2D eigenvalue weighted by atomic mass is 16.3. The molecule has 4 heteroatoms. The maximum atomic E-state index is 13.0. The summed E-state index contributed by atoms with van der Waals surface area (Å²) in [5.41, 5.74) is 3.95. The van der Waals surface area contributed by atoms with Crippen LogP contribution in [-0.4, -0.2) is 21.2 Å². The summed E-state index contributed by atoms with van der Waals surface area (Å²) in [4.78, 5) is 17.5. The van der Waals surface area contributed by atoms with Crippen LogP contribution in [0.5, 0.6) is 5.75 Å². The van der Waals surface area contributed by atoms with Gasteiger partial charge in [0.2, 0.25) is 5.78 Å². The number of benzene rings is 3. The molecule has 4 aromatic rings. The lowest BCUT2D eigenvalue weighted by atomic mass is 10.1. The first-order chi connectivity index (χ1) is 13.2. The minimum atomic E-state index is -0.155. The molecule has 130 valence electrons. The summed E-state index contributed by atoms with van der Waals surface area (Å²) >= 11 is 0. The number of rotatable bonds is 3. The van der Waals surface area contributed by atoms with Crippen molar-refractivity contribution in [1.29, 1.82) is 0 Å². The number of hydrogen-bond donors (Lipinski definition) is 1. The second-order valence-electron chi connectivity index (χ2n) is 6.59. The minimum Gasteiger partial charge on any atom is -0.505 e. The van der Waals surface area contributed by atoms with E-state index in [0.29, 0.717) is 29.2 Å². The molecular formula is C23H16N2O2. The van der Waals surface area contributed by atoms with Gasteiger partial charge in [0.1, 0.15) is 11.4 Å². The van der Waals surface area contributed by atoms with Crippen molar-refractivity contribution in [2.45, 2.75) is 6.54 Å². The standard InChI is InChI=1S/C23H16N2O2/c26-22-16-10-4-6-12-18(16)24-20(22)21-23(27)17-11-5-7-13-19(17)25(21)14-15-8-2-1-3-9-15/h1-13,27H,14H2. The molecule has 0 saturated carbocycles. The summed E-state index contributed by atoms with van der Waals surface area (Å²) in [6.45, 7) is 0.542. The number of nitrogens with zero attached hydrogens (tertiary/aromatic N) is 2. The number of para-hydroxylation sites is 2. The molecule has 0 aliphatic carbocycles. The van der Waals surface area contributed by atoms with Gasteiger partial charge in [0.15, 0.2) is 5.75 Å². The first-order valence-electron chi connectivity index (χ1n) is 8.81. The molecular weight excluding hydrogens is 336 g/mol. The fraction of sp³-hybridized carbons (Fsp3) is 0.0435. The number of carbonyl (C=O) groups is 1. The van der Waals surface area contributed by atoms with Gasteiger partial charge in [-0.2, -0.15) is 0 Å². The van der Waals surface area contributed by atoms with Gasteiger partial charge in [-0.1, -0.05) is 54.6 Å². The number of hydrogen-bond acceptors (Lipinski definition) is 3. The summed E-state index contributed by atoms with van der Waals surface area (Å²) in [6, 6.07) is 24.9. The second kappa shape index (κ2) is 5.95. The highest BCUT2D eigenvalue weighted by Crippen LogP contribution is 2.37. The van der Waals surface area contributed by atoms with E-state index in [-0.39, 0.29) is 11.5 Å². The average Bonchev–Trinajstić information content (AvgIpc) is 3.18. The van der Waals surface area contributed by atoms with Crippen LogP contribution in [0.1, 0.15) is 21.6 Å². The van der Waals surface area contributed by atoms with E-state index in [9.17, 15) is 9.90 Å². The third-order valence-electron chi connectivity index (χ3n) is 4.95. The van der Waals surface area contributed by atoms with Crippen LogP contribution < -0.4 is 0 Å². The highest BCUT2D eigenvalue weighted by Gasteiger charge is 2.31. The van der Waals surface area contributed by atoms with E-state index in [2.05, 4.69) is 4.99 Å². The van der Waals surface area contributed by atoms with E-state index >= 15 is 0 Å². The molecule has 0 saturated heterocycles. The third kappa shape index (κ3) is 2.38. The summed E-state index contributed by atoms with van der Waals surface area (Å²) < 4.78 is 1.97. The normalized spacial score (nSPS) is 13.0. The zero-order chi connectivity index (χ0) is 18.4. The Morgan fingerprint density at radius 2 is 1.56 bits per heavy atom. The van der Waals surface area contributed by atoms with E-state index in [1.54, 1.807) is 6.07 Å². The van der Waals surface area contributed by atoms with Crippen LogP contribution >= 0.6 is 0 Å². The largest absolute Gasteiger partial charge is 0.505 e. The molecule has 5 rings (SSSR count). The Kier molecular flexibility index (Phi) is 3.44. The quantitative estimate of drug-likeness (QED) is 0.580. The number of aromatic nitrogens is 1. The number of ketones is 1. The Labute approximate surface area is 156 Å². The first-order valence-corrected chi connectivity index (χ1v) is 8.81. The van der Waals surface area contributed by atoms with Crippen LogP contribution in [0.3, 0.4) is 0 Å². The number of Topliss-reactive ketones (excluding diaryl/α,β-unsaturated/α-hetero) is 1. The molecule has 0 amide bonds. The van der Waals surface area contributed by atoms with Gasteiger partial charge in [0, 0.05) is 17.5 Å². The van der Waals surface area contributed by atoms with Crippen molar-refractivity contribution in [2.24, 2.45) is 4.99 Å². The van der Waals surface area contributed by atoms with E-state index in [1.807, 2.05) is 77.4 Å². The molecule has 0 spiro atoms. The van der Waals surface area contributed by atoms with Gasteiger partial charge in [-0.15, -0.1) is 0 Å². The van der Waals surface area contributed by atoms with Crippen molar-refractivity contribution in [1.82, 2.24) is 4.57 Å². The summed E-state index contributed by atoms with van der Waals surface area (Å²) in [5.74, 6) is -0.0561. The minimum absolute atomic E-state index is 0.0986. The van der Waals surface area contributed by atoms with Crippen LogP contribution in [-0.2, 0) is 6.54 Å². The SMILES string of the molecule is O=C1C(c2c(O)c3ccccc3n2Cc2ccccc2)=Nc2ccccc21. The monoisotopic (exact) mass is 352 g/mol. The Hall–Kier alpha value is -3.66. The van der Waals surface area contributed by atoms with Gasteiger partial charge in [-0.05, 0) is 29.8 Å². The Balaban J connectivity index is 1.74. The fourth-order valence-electron chi connectivity index (χ4n) is 3.68. The first kappa shape index (κ1) is 15.6. The lowest BCUT2D eigenvalue weighted by molar-refractivity contribution is 0.106. The Bertz CT molecular complexity index is 1220. The predicted molar refractivity (Wildman–Crippen MR) is 106 cm³/mol. The molecule has 1 aromatic heterocycles. The van der Waals surface area contributed by atoms with Crippen molar-refractivity contribution in [3.05, 3.63) is 95.7 Å². The third-order valence-corrected chi connectivity index (χ3v) is 4.95. The van der Waals surface area contributed by atoms with Gasteiger partial charge in [-0.25, -0.2) is 4.99 Å². The predicted octanol–water partition coefficient (Wildman–Crippen LogP) is 4.71. The van der Waals surface area contributed by atoms with Gasteiger partial charge < -0.3 is 9.67 Å². The number of fused-ring (bicyclic) bond motifs is 2. The van der Waals surface area contributed by atoms with Crippen molar-refractivity contribution in [2.75, 3.05) is 0 Å². The molecule has 3 aromatic carbocycles. The molecule has 1 aliphatic rings. The zero-order valence-electron chi connectivity index (χ0n) is 14.5. The molecule has 0 radical (unpaired) electrons. The molecule has 1 aliphatic heterocycles. The molecule has 0 unspecified atom stereocenters. The number of aliphatic imine (C=N–C) groups is 1. The summed E-state index contributed by atoms with van der Waals surface area (Å²) in [6.07, 6.45) is 0. The van der Waals surface area contributed by atoms with Gasteiger partial charge in [0.25, 0.3) is 0 Å². The van der Waals surface area contributed by atoms with E-state index < -0.39 is 0 Å². The summed E-state index contributed by atoms with van der Waals surface area (Å²) in [5, 5.41) is 11.7. The van der Waals surface area contributed by atoms with Crippen LogP contribution in [0.2, 0.25) is 0 Å². The number of carbonyl (C=O) groups excluding carboxylic acids is 1. The maximum absolute atomic E-state index is 13.0. The molecule has 27 heavy (non-hydrogen) atoms. The zero-order valence-corrected chi connectivity index (χ0v) is 14.5. The molecule has 0 atom stereocenters. The molecule has 1 N–H and O–H groups in total. The maximum Gasteiger partial charge on any atom is 0.215 e. The van der Waals surface area contributed by atoms with Crippen molar-refractivity contribution >= 4 is 28.1 Å². The van der Waals surface area contributed by atoms with Crippen LogP contribution in [0.4, 0.5) is 5.69 Å². The highest BCUT2D eigenvalue weighted by molar-refractivity contribution is 6.55. The van der Waals surface area contributed by atoms with Gasteiger partial charge >= 0.3 is 0 Å².